The van der Waals surface area contributed by atoms with Crippen molar-refractivity contribution in [1.29, 1.82) is 0 Å². The lowest BCUT2D eigenvalue weighted by atomic mass is 10.2. The molecule has 0 unspecified atom stereocenters. The number of hydrogen-bond acceptors (Lipinski definition) is 2. The Morgan fingerprint density at radius 1 is 1.50 bits per heavy atom. The van der Waals surface area contributed by atoms with E-state index >= 15 is 0 Å². The lowest BCUT2D eigenvalue weighted by Gasteiger charge is -2.02. The monoisotopic (exact) mass is 276 g/mol. The Labute approximate surface area is 93.8 Å². The van der Waals surface area contributed by atoms with Gasteiger partial charge in [-0.05, 0) is 34.1 Å². The number of phenols is 1. The van der Waals surface area contributed by atoms with E-state index in [-0.39, 0.29) is 5.75 Å². The zero-order valence-corrected chi connectivity index (χ0v) is 9.21. The Balaban J connectivity index is 3.14. The van der Waals surface area contributed by atoms with Gasteiger partial charge in [-0.2, -0.15) is 0 Å². The van der Waals surface area contributed by atoms with Crippen LogP contribution in [-0.2, 0) is 4.79 Å². The molecule has 0 atom stereocenters. The number of phenolic OH excluding ortho intramolecular Hbond substituents is 1. The predicted molar refractivity (Wildman–Crippen MR) is 57.5 cm³/mol. The van der Waals surface area contributed by atoms with Crippen molar-refractivity contribution >= 4 is 39.6 Å². The average Bonchev–Trinajstić information content (AvgIpc) is 2.08. The van der Waals surface area contributed by atoms with Crippen LogP contribution in [0.15, 0.2) is 22.7 Å². The first kappa shape index (κ1) is 11.1. The van der Waals surface area contributed by atoms with Gasteiger partial charge in [0.2, 0.25) is 0 Å². The summed E-state index contributed by atoms with van der Waals surface area (Å²) in [4.78, 5) is 10.2. The van der Waals surface area contributed by atoms with E-state index < -0.39 is 5.97 Å². The van der Waals surface area contributed by atoms with E-state index in [0.717, 1.165) is 6.08 Å². The summed E-state index contributed by atoms with van der Waals surface area (Å²) in [6.45, 7) is 0. The minimum Gasteiger partial charge on any atom is -0.506 e. The molecule has 14 heavy (non-hydrogen) atoms. The largest absolute Gasteiger partial charge is 0.506 e. The van der Waals surface area contributed by atoms with E-state index in [2.05, 4.69) is 15.9 Å². The van der Waals surface area contributed by atoms with Crippen LogP contribution in [0, 0.1) is 0 Å². The Hall–Kier alpha value is -1.00. The van der Waals surface area contributed by atoms with Crippen molar-refractivity contribution in [1.82, 2.24) is 0 Å². The Bertz CT molecular complexity index is 401. The Morgan fingerprint density at radius 2 is 2.14 bits per heavy atom. The number of carbonyl (C=O) groups is 1. The normalized spacial score (nSPS) is 10.7. The fourth-order valence-corrected chi connectivity index (χ4v) is 1.71. The van der Waals surface area contributed by atoms with Crippen molar-refractivity contribution in [2.75, 3.05) is 0 Å². The standard InChI is InChI=1S/C9H6BrClO3/c10-7-4-6(11)3-5(9(7)14)1-2-8(12)13/h1-4,14H,(H,12,13). The van der Waals surface area contributed by atoms with E-state index in [4.69, 9.17) is 16.7 Å². The molecule has 1 aromatic rings. The van der Waals surface area contributed by atoms with Gasteiger partial charge in [-0.15, -0.1) is 0 Å². The van der Waals surface area contributed by atoms with Crippen molar-refractivity contribution in [2.45, 2.75) is 0 Å². The summed E-state index contributed by atoms with van der Waals surface area (Å²) in [5.41, 5.74) is 0.353. The zero-order chi connectivity index (χ0) is 10.7. The highest BCUT2D eigenvalue weighted by Gasteiger charge is 2.04. The third kappa shape index (κ3) is 2.75. The predicted octanol–water partition coefficient (Wildman–Crippen LogP) is 2.91. The van der Waals surface area contributed by atoms with Gasteiger partial charge in [-0.1, -0.05) is 11.6 Å². The zero-order valence-electron chi connectivity index (χ0n) is 6.87. The summed E-state index contributed by atoms with van der Waals surface area (Å²) < 4.78 is 0.426. The molecule has 2 N–H and O–H groups in total. The van der Waals surface area contributed by atoms with Gasteiger partial charge in [0, 0.05) is 16.7 Å². The van der Waals surface area contributed by atoms with Gasteiger partial charge in [-0.25, -0.2) is 4.79 Å². The molecule has 0 saturated heterocycles. The summed E-state index contributed by atoms with van der Waals surface area (Å²) >= 11 is 8.80. The highest BCUT2D eigenvalue weighted by Crippen LogP contribution is 2.32. The topological polar surface area (TPSA) is 57.5 Å². The number of aromatic hydroxyl groups is 1. The Kier molecular flexibility index (Phi) is 3.55. The maximum atomic E-state index is 10.2. The van der Waals surface area contributed by atoms with E-state index in [1.165, 1.54) is 18.2 Å². The first-order valence-corrected chi connectivity index (χ1v) is 4.77. The molecular formula is C9H6BrClO3. The second kappa shape index (κ2) is 4.48. The first-order chi connectivity index (χ1) is 6.50. The second-order valence-corrected chi connectivity index (χ2v) is 3.79. The molecule has 0 fully saturated rings. The maximum Gasteiger partial charge on any atom is 0.328 e. The van der Waals surface area contributed by atoms with Crippen LogP contribution in [0.3, 0.4) is 0 Å². The molecule has 3 nitrogen and oxygen atoms in total. The number of halogens is 2. The van der Waals surface area contributed by atoms with Gasteiger partial charge in [0.25, 0.3) is 0 Å². The SMILES string of the molecule is O=C(O)C=Cc1cc(Cl)cc(Br)c1O. The van der Waals surface area contributed by atoms with Crippen LogP contribution in [0.4, 0.5) is 0 Å². The van der Waals surface area contributed by atoms with Crippen molar-refractivity contribution in [3.63, 3.8) is 0 Å². The summed E-state index contributed by atoms with van der Waals surface area (Å²) in [5, 5.41) is 18.3. The third-order valence-electron chi connectivity index (χ3n) is 1.46. The molecule has 0 aliphatic rings. The van der Waals surface area contributed by atoms with Crippen molar-refractivity contribution in [3.05, 3.63) is 33.3 Å². The van der Waals surface area contributed by atoms with Crippen LogP contribution >= 0.6 is 27.5 Å². The molecule has 0 saturated carbocycles. The number of aliphatic carboxylic acids is 1. The summed E-state index contributed by atoms with van der Waals surface area (Å²) in [5.74, 6) is -1.12. The van der Waals surface area contributed by atoms with Crippen molar-refractivity contribution < 1.29 is 15.0 Å². The van der Waals surface area contributed by atoms with Gasteiger partial charge in [0.1, 0.15) is 5.75 Å². The molecule has 1 aromatic carbocycles. The number of benzene rings is 1. The first-order valence-electron chi connectivity index (χ1n) is 3.59. The van der Waals surface area contributed by atoms with Crippen LogP contribution in [-0.4, -0.2) is 16.2 Å². The molecule has 0 bridgehead atoms. The number of hydrogen-bond donors (Lipinski definition) is 2. The van der Waals surface area contributed by atoms with Crippen LogP contribution in [0.1, 0.15) is 5.56 Å². The van der Waals surface area contributed by atoms with Crippen molar-refractivity contribution in [2.24, 2.45) is 0 Å². The van der Waals surface area contributed by atoms with Crippen molar-refractivity contribution in [3.8, 4) is 5.75 Å². The molecule has 0 amide bonds. The Morgan fingerprint density at radius 3 is 2.71 bits per heavy atom. The molecule has 1 rings (SSSR count). The van der Waals surface area contributed by atoms with Crippen LogP contribution in [0.2, 0.25) is 5.02 Å². The molecule has 5 heteroatoms. The molecule has 0 heterocycles. The quantitative estimate of drug-likeness (QED) is 0.817. The highest BCUT2D eigenvalue weighted by molar-refractivity contribution is 9.10. The van der Waals surface area contributed by atoms with Gasteiger partial charge < -0.3 is 10.2 Å². The fraction of sp³-hybridized carbons (Fsp3) is 0. The molecule has 0 aromatic heterocycles. The lowest BCUT2D eigenvalue weighted by Crippen LogP contribution is -1.86. The minimum absolute atomic E-state index is 0.0353. The summed E-state index contributed by atoms with van der Waals surface area (Å²) in [6, 6.07) is 3.00. The highest BCUT2D eigenvalue weighted by atomic mass is 79.9. The molecular weight excluding hydrogens is 271 g/mol. The average molecular weight is 278 g/mol. The summed E-state index contributed by atoms with van der Waals surface area (Å²) in [7, 11) is 0. The molecule has 0 aliphatic carbocycles. The molecule has 74 valence electrons. The molecule has 0 spiro atoms. The second-order valence-electron chi connectivity index (χ2n) is 2.50. The number of carboxylic acid groups (broad SMARTS) is 1. The van der Waals surface area contributed by atoms with E-state index in [0.29, 0.717) is 15.1 Å². The lowest BCUT2D eigenvalue weighted by molar-refractivity contribution is -0.131. The fourth-order valence-electron chi connectivity index (χ4n) is 0.874. The smallest absolute Gasteiger partial charge is 0.328 e. The molecule has 0 radical (unpaired) electrons. The minimum atomic E-state index is -1.08. The number of rotatable bonds is 2. The van der Waals surface area contributed by atoms with Gasteiger partial charge in [-0.3, -0.25) is 0 Å². The van der Waals surface area contributed by atoms with Gasteiger partial charge in [0.15, 0.2) is 0 Å². The van der Waals surface area contributed by atoms with Gasteiger partial charge >= 0.3 is 5.97 Å². The maximum absolute atomic E-state index is 10.2. The summed E-state index contributed by atoms with van der Waals surface area (Å²) in [6.07, 6.45) is 2.20. The molecule has 0 aliphatic heterocycles. The van der Waals surface area contributed by atoms with Gasteiger partial charge in [0.05, 0.1) is 4.47 Å². The third-order valence-corrected chi connectivity index (χ3v) is 2.29. The van der Waals surface area contributed by atoms with Crippen LogP contribution in [0.25, 0.3) is 6.08 Å². The van der Waals surface area contributed by atoms with E-state index in [1.807, 2.05) is 0 Å². The van der Waals surface area contributed by atoms with E-state index in [1.54, 1.807) is 0 Å². The van der Waals surface area contributed by atoms with Crippen LogP contribution in [0.5, 0.6) is 5.75 Å². The van der Waals surface area contributed by atoms with Crippen LogP contribution < -0.4 is 0 Å². The van der Waals surface area contributed by atoms with E-state index in [9.17, 15) is 9.90 Å². The number of carboxylic acids is 1.